The number of nitrogens with zero attached hydrogens (tertiary/aromatic N) is 3. The SMILES string of the molecule is COCCOc1ccc(CN2CCN(CCC#N)CC2)cc1OC. The molecule has 0 unspecified atom stereocenters. The first kappa shape index (κ1) is 18.5. The Morgan fingerprint density at radius 1 is 1.04 bits per heavy atom. The summed E-state index contributed by atoms with van der Waals surface area (Å²) in [4.78, 5) is 4.79. The van der Waals surface area contributed by atoms with Crippen LogP contribution in [0.25, 0.3) is 0 Å². The van der Waals surface area contributed by atoms with Gasteiger partial charge in [-0.15, -0.1) is 0 Å². The molecular formula is C18H27N3O3. The largest absolute Gasteiger partial charge is 0.493 e. The lowest BCUT2D eigenvalue weighted by Gasteiger charge is -2.34. The minimum absolute atomic E-state index is 0.511. The zero-order valence-corrected chi connectivity index (χ0v) is 14.7. The number of methoxy groups -OCH3 is 2. The predicted molar refractivity (Wildman–Crippen MR) is 92.3 cm³/mol. The number of benzene rings is 1. The number of nitriles is 1. The van der Waals surface area contributed by atoms with Crippen LogP contribution in [0.3, 0.4) is 0 Å². The van der Waals surface area contributed by atoms with Crippen LogP contribution in [0.4, 0.5) is 0 Å². The van der Waals surface area contributed by atoms with Gasteiger partial charge in [0.1, 0.15) is 6.61 Å². The van der Waals surface area contributed by atoms with Crippen molar-refractivity contribution in [2.45, 2.75) is 13.0 Å². The Morgan fingerprint density at radius 3 is 2.46 bits per heavy atom. The molecule has 0 saturated carbocycles. The number of hydrogen-bond donors (Lipinski definition) is 0. The smallest absolute Gasteiger partial charge is 0.161 e. The Morgan fingerprint density at radius 2 is 1.79 bits per heavy atom. The molecule has 0 N–H and O–H groups in total. The van der Waals surface area contributed by atoms with E-state index in [4.69, 9.17) is 19.5 Å². The standard InChI is InChI=1S/C18H27N3O3/c1-22-12-13-24-17-5-4-16(14-18(17)23-2)15-21-10-8-20(9-11-21)7-3-6-19/h4-5,14H,3,7-13,15H2,1-2H3. The second-order valence-electron chi connectivity index (χ2n) is 5.85. The van der Waals surface area contributed by atoms with Gasteiger partial charge in [-0.2, -0.15) is 5.26 Å². The molecule has 1 aliphatic heterocycles. The molecule has 1 heterocycles. The maximum absolute atomic E-state index is 8.67. The highest BCUT2D eigenvalue weighted by atomic mass is 16.5. The molecule has 132 valence electrons. The minimum atomic E-state index is 0.511. The number of ether oxygens (including phenoxy) is 3. The normalized spacial score (nSPS) is 15.9. The fourth-order valence-corrected chi connectivity index (χ4v) is 2.80. The zero-order valence-electron chi connectivity index (χ0n) is 14.7. The lowest BCUT2D eigenvalue weighted by atomic mass is 10.1. The molecule has 0 aromatic heterocycles. The van der Waals surface area contributed by atoms with Gasteiger partial charge in [-0.05, 0) is 17.7 Å². The lowest BCUT2D eigenvalue weighted by Crippen LogP contribution is -2.46. The molecule has 24 heavy (non-hydrogen) atoms. The molecule has 0 amide bonds. The summed E-state index contributed by atoms with van der Waals surface area (Å²) in [6, 6.07) is 8.31. The maximum atomic E-state index is 8.67. The van der Waals surface area contributed by atoms with E-state index >= 15 is 0 Å². The first-order valence-corrected chi connectivity index (χ1v) is 8.37. The van der Waals surface area contributed by atoms with Crippen molar-refractivity contribution in [2.75, 3.05) is 60.2 Å². The Hall–Kier alpha value is -1.81. The van der Waals surface area contributed by atoms with Crippen LogP contribution in [0, 0.1) is 11.3 Å². The third kappa shape index (κ3) is 5.68. The maximum Gasteiger partial charge on any atom is 0.161 e. The summed E-state index contributed by atoms with van der Waals surface area (Å²) in [7, 11) is 3.32. The van der Waals surface area contributed by atoms with Crippen LogP contribution in [0.5, 0.6) is 11.5 Å². The Kier molecular flexibility index (Phi) is 7.83. The van der Waals surface area contributed by atoms with Gasteiger partial charge in [0.2, 0.25) is 0 Å². The molecule has 0 spiro atoms. The highest BCUT2D eigenvalue weighted by Crippen LogP contribution is 2.28. The first-order valence-electron chi connectivity index (χ1n) is 8.37. The molecule has 1 saturated heterocycles. The molecule has 0 radical (unpaired) electrons. The lowest BCUT2D eigenvalue weighted by molar-refractivity contribution is 0.129. The molecule has 0 atom stereocenters. The molecule has 6 nitrogen and oxygen atoms in total. The van der Waals surface area contributed by atoms with Gasteiger partial charge in [0.15, 0.2) is 11.5 Å². The second kappa shape index (κ2) is 10.1. The van der Waals surface area contributed by atoms with Crippen LogP contribution in [-0.4, -0.2) is 70.0 Å². The van der Waals surface area contributed by atoms with E-state index in [-0.39, 0.29) is 0 Å². The van der Waals surface area contributed by atoms with Gasteiger partial charge in [-0.1, -0.05) is 6.07 Å². The van der Waals surface area contributed by atoms with Crippen molar-refractivity contribution >= 4 is 0 Å². The van der Waals surface area contributed by atoms with Gasteiger partial charge in [0.25, 0.3) is 0 Å². The fraction of sp³-hybridized carbons (Fsp3) is 0.611. The molecule has 6 heteroatoms. The van der Waals surface area contributed by atoms with Crippen molar-refractivity contribution in [1.82, 2.24) is 9.80 Å². The summed E-state index contributed by atoms with van der Waals surface area (Å²) < 4.78 is 16.1. The van der Waals surface area contributed by atoms with Crippen molar-refractivity contribution in [3.63, 3.8) is 0 Å². The van der Waals surface area contributed by atoms with E-state index in [1.165, 1.54) is 5.56 Å². The van der Waals surface area contributed by atoms with E-state index in [1.807, 2.05) is 12.1 Å². The van der Waals surface area contributed by atoms with E-state index in [0.29, 0.717) is 19.6 Å². The van der Waals surface area contributed by atoms with Crippen molar-refractivity contribution in [3.05, 3.63) is 23.8 Å². The monoisotopic (exact) mass is 333 g/mol. The van der Waals surface area contributed by atoms with Crippen molar-refractivity contribution in [3.8, 4) is 17.6 Å². The molecule has 0 bridgehead atoms. The van der Waals surface area contributed by atoms with Crippen LogP contribution >= 0.6 is 0 Å². The van der Waals surface area contributed by atoms with Gasteiger partial charge in [0, 0.05) is 52.8 Å². The van der Waals surface area contributed by atoms with Crippen LogP contribution < -0.4 is 9.47 Å². The molecule has 1 aromatic carbocycles. The van der Waals surface area contributed by atoms with Gasteiger partial charge < -0.3 is 14.2 Å². The molecular weight excluding hydrogens is 306 g/mol. The summed E-state index contributed by atoms with van der Waals surface area (Å²) in [5.74, 6) is 1.51. The molecule has 1 fully saturated rings. The topological polar surface area (TPSA) is 58.0 Å². The average Bonchev–Trinajstić information content (AvgIpc) is 2.62. The van der Waals surface area contributed by atoms with Gasteiger partial charge >= 0.3 is 0 Å². The summed E-state index contributed by atoms with van der Waals surface area (Å²) in [5.41, 5.74) is 1.22. The fourth-order valence-electron chi connectivity index (χ4n) is 2.80. The van der Waals surface area contributed by atoms with Crippen molar-refractivity contribution in [1.29, 1.82) is 5.26 Å². The Bertz CT molecular complexity index is 537. The zero-order chi connectivity index (χ0) is 17.2. The van der Waals surface area contributed by atoms with Crippen molar-refractivity contribution in [2.24, 2.45) is 0 Å². The average molecular weight is 333 g/mol. The number of piperazine rings is 1. The van der Waals surface area contributed by atoms with E-state index < -0.39 is 0 Å². The Labute approximate surface area is 144 Å². The van der Waals surface area contributed by atoms with Crippen LogP contribution in [0.2, 0.25) is 0 Å². The van der Waals surface area contributed by atoms with E-state index in [2.05, 4.69) is 21.9 Å². The van der Waals surface area contributed by atoms with Crippen molar-refractivity contribution < 1.29 is 14.2 Å². The van der Waals surface area contributed by atoms with Gasteiger partial charge in [-0.3, -0.25) is 9.80 Å². The summed E-state index contributed by atoms with van der Waals surface area (Å²) in [5, 5.41) is 8.67. The molecule has 0 aliphatic carbocycles. The van der Waals surface area contributed by atoms with Crippen LogP contribution in [0.15, 0.2) is 18.2 Å². The van der Waals surface area contributed by atoms with E-state index in [1.54, 1.807) is 14.2 Å². The highest BCUT2D eigenvalue weighted by Gasteiger charge is 2.17. The summed E-state index contributed by atoms with van der Waals surface area (Å²) >= 11 is 0. The number of hydrogen-bond acceptors (Lipinski definition) is 6. The minimum Gasteiger partial charge on any atom is -0.493 e. The van der Waals surface area contributed by atoms with Gasteiger partial charge in [0.05, 0.1) is 19.8 Å². The summed E-state index contributed by atoms with van der Waals surface area (Å²) in [6.07, 6.45) is 0.613. The predicted octanol–water partition coefficient (Wildman–Crippen LogP) is 1.75. The van der Waals surface area contributed by atoms with E-state index in [9.17, 15) is 0 Å². The van der Waals surface area contributed by atoms with E-state index in [0.717, 1.165) is 50.8 Å². The Balaban J connectivity index is 1.85. The van der Waals surface area contributed by atoms with Crippen LogP contribution in [0.1, 0.15) is 12.0 Å². The van der Waals surface area contributed by atoms with Crippen LogP contribution in [-0.2, 0) is 11.3 Å². The molecule has 2 rings (SSSR count). The highest BCUT2D eigenvalue weighted by molar-refractivity contribution is 5.43. The second-order valence-corrected chi connectivity index (χ2v) is 5.85. The third-order valence-corrected chi connectivity index (χ3v) is 4.18. The number of rotatable bonds is 9. The molecule has 1 aromatic rings. The molecule has 1 aliphatic rings. The van der Waals surface area contributed by atoms with Gasteiger partial charge in [-0.25, -0.2) is 0 Å². The quantitative estimate of drug-likeness (QED) is 0.642. The first-order chi connectivity index (χ1) is 11.8. The third-order valence-electron chi connectivity index (χ3n) is 4.18. The summed E-state index contributed by atoms with van der Waals surface area (Å²) in [6.45, 7) is 6.96.